The van der Waals surface area contributed by atoms with Crippen LogP contribution in [0.15, 0.2) is 36.4 Å². The van der Waals surface area contributed by atoms with Crippen LogP contribution in [0.25, 0.3) is 0 Å². The zero-order valence-corrected chi connectivity index (χ0v) is 11.0. The van der Waals surface area contributed by atoms with Crippen molar-refractivity contribution in [3.05, 3.63) is 52.8 Å². The van der Waals surface area contributed by atoms with Gasteiger partial charge < -0.3 is 10.6 Å². The van der Waals surface area contributed by atoms with E-state index in [-0.39, 0.29) is 5.02 Å². The fourth-order valence-electron chi connectivity index (χ4n) is 1.82. The molecule has 2 aromatic carbocycles. The van der Waals surface area contributed by atoms with E-state index in [9.17, 15) is 4.39 Å². The zero-order valence-electron chi connectivity index (χ0n) is 10.2. The lowest BCUT2D eigenvalue weighted by Crippen LogP contribution is -2.12. The standard InChI is InChI=1S/C14H14ClFN2/c1-9-4-3-5-10(6-9)18(2)14-8-12(16)11(15)7-13(14)17/h3-8H,17H2,1-2H3. The van der Waals surface area contributed by atoms with Crippen molar-refractivity contribution < 1.29 is 4.39 Å². The summed E-state index contributed by atoms with van der Waals surface area (Å²) < 4.78 is 13.5. The van der Waals surface area contributed by atoms with E-state index in [0.29, 0.717) is 11.4 Å². The first-order valence-corrected chi connectivity index (χ1v) is 5.92. The van der Waals surface area contributed by atoms with Crippen LogP contribution in [0.4, 0.5) is 21.5 Å². The number of anilines is 3. The lowest BCUT2D eigenvalue weighted by Gasteiger charge is -2.22. The van der Waals surface area contributed by atoms with Gasteiger partial charge in [0.2, 0.25) is 0 Å². The maximum Gasteiger partial charge on any atom is 0.144 e. The molecule has 0 heterocycles. The molecule has 0 saturated carbocycles. The summed E-state index contributed by atoms with van der Waals surface area (Å²) in [5.74, 6) is -0.472. The van der Waals surface area contributed by atoms with Crippen LogP contribution in [0.3, 0.4) is 0 Å². The lowest BCUT2D eigenvalue weighted by atomic mass is 10.2. The molecule has 0 saturated heterocycles. The molecule has 4 heteroatoms. The molecule has 0 aliphatic heterocycles. The number of hydrogen-bond acceptors (Lipinski definition) is 2. The molecule has 0 aromatic heterocycles. The molecule has 0 aliphatic carbocycles. The van der Waals surface area contributed by atoms with E-state index in [0.717, 1.165) is 11.3 Å². The molecule has 0 atom stereocenters. The second-order valence-electron chi connectivity index (χ2n) is 4.22. The fraction of sp³-hybridized carbons (Fsp3) is 0.143. The minimum absolute atomic E-state index is 0.0360. The molecular weight excluding hydrogens is 251 g/mol. The van der Waals surface area contributed by atoms with E-state index in [1.54, 1.807) is 0 Å². The molecule has 2 N–H and O–H groups in total. The van der Waals surface area contributed by atoms with Gasteiger partial charge in [-0.25, -0.2) is 4.39 Å². The van der Waals surface area contributed by atoms with Gasteiger partial charge in [-0.2, -0.15) is 0 Å². The van der Waals surface area contributed by atoms with E-state index in [1.807, 2.05) is 43.1 Å². The largest absolute Gasteiger partial charge is 0.397 e. The van der Waals surface area contributed by atoms with E-state index in [1.165, 1.54) is 12.1 Å². The van der Waals surface area contributed by atoms with Gasteiger partial charge in [0.15, 0.2) is 0 Å². The second kappa shape index (κ2) is 4.86. The Morgan fingerprint density at radius 1 is 1.22 bits per heavy atom. The summed E-state index contributed by atoms with van der Waals surface area (Å²) in [6, 6.07) is 10.7. The molecule has 2 aromatic rings. The summed E-state index contributed by atoms with van der Waals surface area (Å²) >= 11 is 5.69. The average molecular weight is 265 g/mol. The number of benzene rings is 2. The first-order valence-electron chi connectivity index (χ1n) is 5.54. The molecule has 0 fully saturated rings. The molecule has 0 unspecified atom stereocenters. The van der Waals surface area contributed by atoms with Crippen molar-refractivity contribution >= 4 is 28.7 Å². The van der Waals surface area contributed by atoms with Crippen molar-refractivity contribution in [3.8, 4) is 0 Å². The summed E-state index contributed by atoms with van der Waals surface area (Å²) in [5.41, 5.74) is 9.00. The zero-order chi connectivity index (χ0) is 13.3. The van der Waals surface area contributed by atoms with Gasteiger partial charge in [-0.1, -0.05) is 23.7 Å². The van der Waals surface area contributed by atoms with E-state index >= 15 is 0 Å². The van der Waals surface area contributed by atoms with Gasteiger partial charge >= 0.3 is 0 Å². The third-order valence-corrected chi connectivity index (χ3v) is 3.11. The minimum atomic E-state index is -0.472. The normalized spacial score (nSPS) is 10.4. The highest BCUT2D eigenvalue weighted by Crippen LogP contribution is 2.32. The van der Waals surface area contributed by atoms with Crippen LogP contribution < -0.4 is 10.6 Å². The molecular formula is C14H14ClFN2. The van der Waals surface area contributed by atoms with Crippen LogP contribution in [0.1, 0.15) is 5.56 Å². The third kappa shape index (κ3) is 2.41. The van der Waals surface area contributed by atoms with Crippen molar-refractivity contribution in [2.24, 2.45) is 0 Å². The number of hydrogen-bond donors (Lipinski definition) is 1. The summed E-state index contributed by atoms with van der Waals surface area (Å²) in [6.45, 7) is 2.00. The van der Waals surface area contributed by atoms with Gasteiger partial charge in [-0.15, -0.1) is 0 Å². The number of nitrogens with two attached hydrogens (primary N) is 1. The molecule has 0 aliphatic rings. The van der Waals surface area contributed by atoms with Gasteiger partial charge in [0.1, 0.15) is 5.82 Å². The Morgan fingerprint density at radius 3 is 2.61 bits per heavy atom. The number of aryl methyl sites for hydroxylation is 1. The second-order valence-corrected chi connectivity index (χ2v) is 4.63. The molecule has 18 heavy (non-hydrogen) atoms. The Hall–Kier alpha value is -1.74. The summed E-state index contributed by atoms with van der Waals surface area (Å²) in [7, 11) is 1.84. The van der Waals surface area contributed by atoms with Crippen molar-refractivity contribution in [2.75, 3.05) is 17.7 Å². The van der Waals surface area contributed by atoms with Gasteiger partial charge in [0.05, 0.1) is 16.4 Å². The Labute approximate surface area is 111 Å². The monoisotopic (exact) mass is 264 g/mol. The Morgan fingerprint density at radius 2 is 1.94 bits per heavy atom. The van der Waals surface area contributed by atoms with E-state index in [4.69, 9.17) is 17.3 Å². The average Bonchev–Trinajstić information content (AvgIpc) is 2.33. The number of nitrogen functional groups attached to an aromatic ring is 1. The van der Waals surface area contributed by atoms with Crippen LogP contribution in [-0.4, -0.2) is 7.05 Å². The van der Waals surface area contributed by atoms with E-state index in [2.05, 4.69) is 0 Å². The molecule has 0 radical (unpaired) electrons. The van der Waals surface area contributed by atoms with Gasteiger partial charge in [-0.05, 0) is 30.7 Å². The van der Waals surface area contributed by atoms with Crippen LogP contribution in [0.2, 0.25) is 5.02 Å². The van der Waals surface area contributed by atoms with Gasteiger partial charge in [0.25, 0.3) is 0 Å². The fourth-order valence-corrected chi connectivity index (χ4v) is 1.99. The highest BCUT2D eigenvalue weighted by Gasteiger charge is 2.11. The number of rotatable bonds is 2. The van der Waals surface area contributed by atoms with Crippen LogP contribution in [-0.2, 0) is 0 Å². The SMILES string of the molecule is Cc1cccc(N(C)c2cc(F)c(Cl)cc2N)c1. The Bertz CT molecular complexity index is 584. The molecule has 0 spiro atoms. The smallest absolute Gasteiger partial charge is 0.144 e. The minimum Gasteiger partial charge on any atom is -0.397 e. The Kier molecular flexibility index (Phi) is 3.43. The van der Waals surface area contributed by atoms with Crippen molar-refractivity contribution in [2.45, 2.75) is 6.92 Å². The molecule has 2 nitrogen and oxygen atoms in total. The first kappa shape index (κ1) is 12.7. The highest BCUT2D eigenvalue weighted by atomic mass is 35.5. The van der Waals surface area contributed by atoms with Gasteiger partial charge in [0, 0.05) is 18.8 Å². The molecule has 94 valence electrons. The predicted molar refractivity (Wildman–Crippen MR) is 75.1 cm³/mol. The van der Waals surface area contributed by atoms with Crippen LogP contribution >= 0.6 is 11.6 Å². The van der Waals surface area contributed by atoms with Gasteiger partial charge in [-0.3, -0.25) is 0 Å². The summed E-state index contributed by atoms with van der Waals surface area (Å²) in [5, 5.41) is 0.0360. The number of nitrogens with zero attached hydrogens (tertiary/aromatic N) is 1. The maximum absolute atomic E-state index is 13.5. The van der Waals surface area contributed by atoms with Crippen molar-refractivity contribution in [3.63, 3.8) is 0 Å². The quantitative estimate of drug-likeness (QED) is 0.826. The highest BCUT2D eigenvalue weighted by molar-refractivity contribution is 6.31. The Balaban J connectivity index is 2.46. The van der Waals surface area contributed by atoms with Crippen molar-refractivity contribution in [1.29, 1.82) is 0 Å². The van der Waals surface area contributed by atoms with Crippen LogP contribution in [0, 0.1) is 12.7 Å². The maximum atomic E-state index is 13.5. The number of halogens is 2. The summed E-state index contributed by atoms with van der Waals surface area (Å²) in [4.78, 5) is 1.84. The van der Waals surface area contributed by atoms with Crippen LogP contribution in [0.5, 0.6) is 0 Å². The predicted octanol–water partition coefficient (Wildman–Crippen LogP) is 4.14. The summed E-state index contributed by atoms with van der Waals surface area (Å²) in [6.07, 6.45) is 0. The molecule has 2 rings (SSSR count). The van der Waals surface area contributed by atoms with E-state index < -0.39 is 5.82 Å². The molecule has 0 bridgehead atoms. The third-order valence-electron chi connectivity index (χ3n) is 2.82. The topological polar surface area (TPSA) is 29.3 Å². The van der Waals surface area contributed by atoms with Crippen molar-refractivity contribution in [1.82, 2.24) is 0 Å². The lowest BCUT2D eigenvalue weighted by molar-refractivity contribution is 0.628. The first-order chi connectivity index (χ1) is 8.49. The molecule has 0 amide bonds.